The molecule has 0 saturated heterocycles. The summed E-state index contributed by atoms with van der Waals surface area (Å²) in [5.41, 5.74) is 1.83. The number of hydrogen-bond donors (Lipinski definition) is 0. The first-order valence-corrected chi connectivity index (χ1v) is 5.94. The molecule has 0 amide bonds. The van der Waals surface area contributed by atoms with Crippen molar-refractivity contribution < 1.29 is 9.47 Å². The molecule has 1 aliphatic rings. The van der Waals surface area contributed by atoms with Gasteiger partial charge in [-0.1, -0.05) is 6.07 Å². The summed E-state index contributed by atoms with van der Waals surface area (Å²) < 4.78 is 10.9. The standard InChI is InChI=1S/C14H17NO2/c1-3-17-14(10-15)7-6-11-4-5-13(16-2)8-12(11)9-14/h4-5,8H,3,6-7,9H2,1-2H3. The van der Waals surface area contributed by atoms with Crippen LogP contribution in [0.15, 0.2) is 18.2 Å². The van der Waals surface area contributed by atoms with Gasteiger partial charge in [-0.05, 0) is 43.0 Å². The highest BCUT2D eigenvalue weighted by Crippen LogP contribution is 2.33. The molecule has 0 bridgehead atoms. The van der Waals surface area contributed by atoms with Gasteiger partial charge >= 0.3 is 0 Å². The van der Waals surface area contributed by atoms with Gasteiger partial charge in [0.2, 0.25) is 0 Å². The van der Waals surface area contributed by atoms with E-state index in [0.29, 0.717) is 13.0 Å². The molecule has 1 atom stereocenters. The fourth-order valence-corrected chi connectivity index (χ4v) is 2.40. The van der Waals surface area contributed by atoms with Gasteiger partial charge in [-0.25, -0.2) is 0 Å². The zero-order valence-electron chi connectivity index (χ0n) is 10.3. The van der Waals surface area contributed by atoms with Gasteiger partial charge in [0.15, 0.2) is 5.60 Å². The van der Waals surface area contributed by atoms with Gasteiger partial charge in [0.25, 0.3) is 0 Å². The third-order valence-electron chi connectivity index (χ3n) is 3.31. The smallest absolute Gasteiger partial charge is 0.158 e. The molecule has 0 saturated carbocycles. The highest BCUT2D eigenvalue weighted by Gasteiger charge is 2.35. The van der Waals surface area contributed by atoms with Crippen LogP contribution in [0.3, 0.4) is 0 Å². The highest BCUT2D eigenvalue weighted by atomic mass is 16.5. The Balaban J connectivity index is 2.30. The van der Waals surface area contributed by atoms with E-state index in [9.17, 15) is 5.26 Å². The average Bonchev–Trinajstić information content (AvgIpc) is 2.38. The molecule has 0 aromatic heterocycles. The van der Waals surface area contributed by atoms with E-state index in [-0.39, 0.29) is 0 Å². The Bertz CT molecular complexity index is 450. The van der Waals surface area contributed by atoms with Crippen molar-refractivity contribution in [2.75, 3.05) is 13.7 Å². The van der Waals surface area contributed by atoms with E-state index in [2.05, 4.69) is 12.1 Å². The van der Waals surface area contributed by atoms with Crippen molar-refractivity contribution in [2.24, 2.45) is 0 Å². The summed E-state index contributed by atoms with van der Waals surface area (Å²) in [7, 11) is 1.66. The van der Waals surface area contributed by atoms with Crippen LogP contribution in [0.4, 0.5) is 0 Å². The molecule has 0 heterocycles. The number of methoxy groups -OCH3 is 1. The van der Waals surface area contributed by atoms with Crippen LogP contribution in [0.5, 0.6) is 5.75 Å². The van der Waals surface area contributed by atoms with Crippen LogP contribution < -0.4 is 4.74 Å². The quantitative estimate of drug-likeness (QED) is 0.802. The summed E-state index contributed by atoms with van der Waals surface area (Å²) in [5.74, 6) is 0.842. The van der Waals surface area contributed by atoms with Gasteiger partial charge in [0.05, 0.1) is 13.2 Å². The lowest BCUT2D eigenvalue weighted by Crippen LogP contribution is -2.37. The molecule has 1 aromatic carbocycles. The fraction of sp³-hybridized carbons (Fsp3) is 0.500. The molecule has 1 aliphatic carbocycles. The number of nitriles is 1. The number of aryl methyl sites for hydroxylation is 1. The van der Waals surface area contributed by atoms with Crippen LogP contribution >= 0.6 is 0 Å². The second-order valence-corrected chi connectivity index (χ2v) is 4.35. The van der Waals surface area contributed by atoms with Crippen molar-refractivity contribution in [3.05, 3.63) is 29.3 Å². The van der Waals surface area contributed by atoms with Crippen molar-refractivity contribution >= 4 is 0 Å². The molecule has 1 unspecified atom stereocenters. The maximum Gasteiger partial charge on any atom is 0.158 e. The minimum atomic E-state index is -0.645. The van der Waals surface area contributed by atoms with Gasteiger partial charge in [-0.3, -0.25) is 0 Å². The van der Waals surface area contributed by atoms with Gasteiger partial charge in [0.1, 0.15) is 5.75 Å². The summed E-state index contributed by atoms with van der Waals surface area (Å²) in [4.78, 5) is 0. The van der Waals surface area contributed by atoms with Gasteiger partial charge in [0, 0.05) is 13.0 Å². The number of hydrogen-bond acceptors (Lipinski definition) is 3. The molecule has 17 heavy (non-hydrogen) atoms. The third kappa shape index (κ3) is 2.27. The van der Waals surface area contributed by atoms with Gasteiger partial charge in [-0.2, -0.15) is 5.26 Å². The molecule has 90 valence electrons. The van der Waals surface area contributed by atoms with Crippen molar-refractivity contribution in [2.45, 2.75) is 31.8 Å². The number of ether oxygens (including phenoxy) is 2. The Labute approximate surface area is 102 Å². The van der Waals surface area contributed by atoms with Crippen LogP contribution in [0, 0.1) is 11.3 Å². The van der Waals surface area contributed by atoms with Crippen molar-refractivity contribution in [1.82, 2.24) is 0 Å². The van der Waals surface area contributed by atoms with Crippen LogP contribution in [0.1, 0.15) is 24.5 Å². The lowest BCUT2D eigenvalue weighted by Gasteiger charge is -2.32. The zero-order valence-corrected chi connectivity index (χ0v) is 10.3. The third-order valence-corrected chi connectivity index (χ3v) is 3.31. The number of fused-ring (bicyclic) bond motifs is 1. The van der Waals surface area contributed by atoms with Crippen LogP contribution in [-0.4, -0.2) is 19.3 Å². The topological polar surface area (TPSA) is 42.2 Å². The SMILES string of the molecule is CCOC1(C#N)CCc2ccc(OC)cc2C1. The minimum Gasteiger partial charge on any atom is -0.497 e. The molecular formula is C14H17NO2. The summed E-state index contributed by atoms with van der Waals surface area (Å²) in [5, 5.41) is 9.32. The lowest BCUT2D eigenvalue weighted by atomic mass is 9.81. The maximum absolute atomic E-state index is 9.32. The van der Waals surface area contributed by atoms with Gasteiger partial charge in [-0.15, -0.1) is 0 Å². The Kier molecular flexibility index (Phi) is 3.35. The zero-order chi connectivity index (χ0) is 12.3. The van der Waals surface area contributed by atoms with E-state index in [1.54, 1.807) is 7.11 Å². The van der Waals surface area contributed by atoms with E-state index in [0.717, 1.165) is 18.6 Å². The molecular weight excluding hydrogens is 214 g/mol. The highest BCUT2D eigenvalue weighted by molar-refractivity contribution is 5.40. The lowest BCUT2D eigenvalue weighted by molar-refractivity contribution is -0.00444. The fourth-order valence-electron chi connectivity index (χ4n) is 2.40. The second-order valence-electron chi connectivity index (χ2n) is 4.35. The Morgan fingerprint density at radius 2 is 2.24 bits per heavy atom. The van der Waals surface area contributed by atoms with E-state index >= 15 is 0 Å². The largest absolute Gasteiger partial charge is 0.497 e. The molecule has 0 aliphatic heterocycles. The summed E-state index contributed by atoms with van der Waals surface area (Å²) in [6, 6.07) is 8.40. The van der Waals surface area contributed by atoms with E-state index < -0.39 is 5.60 Å². The number of benzene rings is 1. The van der Waals surface area contributed by atoms with E-state index in [1.165, 1.54) is 11.1 Å². The monoisotopic (exact) mass is 231 g/mol. The molecule has 0 N–H and O–H groups in total. The molecule has 3 nitrogen and oxygen atoms in total. The van der Waals surface area contributed by atoms with Crippen molar-refractivity contribution in [3.8, 4) is 11.8 Å². The van der Waals surface area contributed by atoms with Crippen LogP contribution in [0.2, 0.25) is 0 Å². The Morgan fingerprint density at radius 3 is 2.88 bits per heavy atom. The maximum atomic E-state index is 9.32. The Hall–Kier alpha value is -1.53. The predicted octanol–water partition coefficient (Wildman–Crippen LogP) is 2.48. The first-order chi connectivity index (χ1) is 8.23. The Morgan fingerprint density at radius 1 is 1.41 bits per heavy atom. The number of rotatable bonds is 3. The van der Waals surface area contributed by atoms with Crippen molar-refractivity contribution in [3.63, 3.8) is 0 Å². The van der Waals surface area contributed by atoms with E-state index in [4.69, 9.17) is 9.47 Å². The molecule has 3 heteroatoms. The van der Waals surface area contributed by atoms with Crippen LogP contribution in [-0.2, 0) is 17.6 Å². The molecule has 0 radical (unpaired) electrons. The normalized spacial score (nSPS) is 22.6. The molecule has 0 spiro atoms. The van der Waals surface area contributed by atoms with Crippen molar-refractivity contribution in [1.29, 1.82) is 5.26 Å². The first-order valence-electron chi connectivity index (χ1n) is 5.94. The van der Waals surface area contributed by atoms with E-state index in [1.807, 2.05) is 19.1 Å². The summed E-state index contributed by atoms with van der Waals surface area (Å²) in [6.07, 6.45) is 2.33. The average molecular weight is 231 g/mol. The second kappa shape index (κ2) is 4.77. The van der Waals surface area contributed by atoms with Gasteiger partial charge < -0.3 is 9.47 Å². The minimum absolute atomic E-state index is 0.576. The first kappa shape index (κ1) is 11.9. The van der Waals surface area contributed by atoms with Crippen LogP contribution in [0.25, 0.3) is 0 Å². The molecule has 1 aromatic rings. The predicted molar refractivity (Wildman–Crippen MR) is 65.0 cm³/mol. The summed E-state index contributed by atoms with van der Waals surface area (Å²) in [6.45, 7) is 2.51. The summed E-state index contributed by atoms with van der Waals surface area (Å²) >= 11 is 0. The molecule has 0 fully saturated rings. The number of nitrogens with zero attached hydrogens (tertiary/aromatic N) is 1. The molecule has 2 rings (SSSR count).